The molecular weight excluding hydrogens is 516 g/mol. The van der Waals surface area contributed by atoms with Gasteiger partial charge in [0, 0.05) is 17.6 Å². The van der Waals surface area contributed by atoms with Crippen molar-refractivity contribution in [1.82, 2.24) is 10.3 Å². The van der Waals surface area contributed by atoms with Crippen LogP contribution in [0.2, 0.25) is 5.02 Å². The number of halogens is 2. The van der Waals surface area contributed by atoms with Gasteiger partial charge in [-0.1, -0.05) is 11.6 Å². The van der Waals surface area contributed by atoms with Gasteiger partial charge in [0.1, 0.15) is 18.3 Å². The Hall–Kier alpha value is -1.93. The predicted octanol–water partition coefficient (Wildman–Crippen LogP) is 0.112. The summed E-state index contributed by atoms with van der Waals surface area (Å²) >= 11 is 9.61. The number of carbonyl (C=O) groups excluding carboxylic acids is 1. The van der Waals surface area contributed by atoms with E-state index in [9.17, 15) is 35.1 Å². The van der Waals surface area contributed by atoms with E-state index >= 15 is 0 Å². The maximum Gasteiger partial charge on any atom is 0.377 e. The zero-order chi connectivity index (χ0) is 23.8. The second-order valence-electron chi connectivity index (χ2n) is 7.42. The van der Waals surface area contributed by atoms with E-state index in [1.165, 1.54) is 6.20 Å². The quantitative estimate of drug-likeness (QED) is 0.258. The number of nitrogens with one attached hydrogen (secondary N) is 2. The fourth-order valence-electron chi connectivity index (χ4n) is 3.62. The third kappa shape index (κ3) is 4.57. The van der Waals surface area contributed by atoms with Crippen LogP contribution in [-0.4, -0.2) is 85.2 Å². The Balaban J connectivity index is 2.05. The highest BCUT2D eigenvalue weighted by Gasteiger charge is 2.57. The summed E-state index contributed by atoms with van der Waals surface area (Å²) in [4.78, 5) is 26.8. The summed E-state index contributed by atoms with van der Waals surface area (Å²) < 4.78 is 11.9. The van der Waals surface area contributed by atoms with Gasteiger partial charge in [-0.05, 0) is 28.1 Å². The minimum absolute atomic E-state index is 0.00479. The number of ether oxygens (including phenoxy) is 2. The van der Waals surface area contributed by atoms with Gasteiger partial charge in [0.05, 0.1) is 41.1 Å². The zero-order valence-electron chi connectivity index (χ0n) is 16.7. The number of aliphatic carboxylic acids is 1. The molecule has 7 N–H and O–H groups in total. The summed E-state index contributed by atoms with van der Waals surface area (Å²) in [6.45, 7) is 0.275. The molecule has 1 aromatic carbocycles. The van der Waals surface area contributed by atoms with Crippen LogP contribution in [0.15, 0.2) is 22.8 Å². The van der Waals surface area contributed by atoms with Gasteiger partial charge in [-0.3, -0.25) is 4.79 Å². The van der Waals surface area contributed by atoms with Crippen LogP contribution in [0.1, 0.15) is 13.3 Å². The first-order chi connectivity index (χ1) is 15.0. The minimum atomic E-state index is -2.52. The Morgan fingerprint density at radius 1 is 1.44 bits per heavy atom. The van der Waals surface area contributed by atoms with Crippen LogP contribution in [-0.2, 0) is 14.3 Å². The Kier molecular flexibility index (Phi) is 7.34. The van der Waals surface area contributed by atoms with E-state index in [0.29, 0.717) is 15.4 Å². The van der Waals surface area contributed by atoms with Gasteiger partial charge in [-0.15, -0.1) is 0 Å². The largest absolute Gasteiger partial charge is 0.476 e. The number of H-pyrrole nitrogens is 1. The van der Waals surface area contributed by atoms with Crippen molar-refractivity contribution in [2.75, 3.05) is 6.61 Å². The van der Waals surface area contributed by atoms with Crippen LogP contribution in [0.3, 0.4) is 0 Å². The molecule has 1 aromatic heterocycles. The van der Waals surface area contributed by atoms with Crippen LogP contribution >= 0.6 is 27.5 Å². The lowest BCUT2D eigenvalue weighted by Crippen LogP contribution is -2.68. The third-order valence-electron chi connectivity index (χ3n) is 5.16. The van der Waals surface area contributed by atoms with Gasteiger partial charge in [-0.25, -0.2) is 4.79 Å². The average Bonchev–Trinajstić information content (AvgIpc) is 3.14. The summed E-state index contributed by atoms with van der Waals surface area (Å²) in [7, 11) is 0. The molecule has 11 nitrogen and oxygen atoms in total. The number of fused-ring (bicyclic) bond motifs is 1. The van der Waals surface area contributed by atoms with Crippen LogP contribution in [0.25, 0.3) is 10.9 Å². The van der Waals surface area contributed by atoms with Gasteiger partial charge in [0.15, 0.2) is 5.75 Å². The van der Waals surface area contributed by atoms with Crippen LogP contribution in [0.4, 0.5) is 0 Å². The summed E-state index contributed by atoms with van der Waals surface area (Å²) in [5.74, 6) is -4.75. The molecule has 1 amide bonds. The van der Waals surface area contributed by atoms with Crippen molar-refractivity contribution in [3.63, 3.8) is 0 Å². The third-order valence-corrected chi connectivity index (χ3v) is 6.44. The number of hydrogen-bond donors (Lipinski definition) is 7. The number of benzene rings is 1. The van der Waals surface area contributed by atoms with Gasteiger partial charge >= 0.3 is 11.8 Å². The van der Waals surface area contributed by atoms with Gasteiger partial charge in [0.2, 0.25) is 5.91 Å². The number of carboxylic acid groups (broad SMARTS) is 1. The molecule has 1 aliphatic rings. The number of aliphatic hydroxyl groups is 4. The Morgan fingerprint density at radius 2 is 2.12 bits per heavy atom. The van der Waals surface area contributed by atoms with E-state index in [0.717, 1.165) is 6.92 Å². The summed E-state index contributed by atoms with van der Waals surface area (Å²) in [5, 5.41) is 53.2. The molecule has 176 valence electrons. The highest BCUT2D eigenvalue weighted by atomic mass is 79.9. The van der Waals surface area contributed by atoms with E-state index in [-0.39, 0.29) is 10.8 Å². The molecule has 1 aliphatic heterocycles. The average molecular weight is 538 g/mol. The van der Waals surface area contributed by atoms with Crippen molar-refractivity contribution in [1.29, 1.82) is 0 Å². The van der Waals surface area contributed by atoms with Crippen LogP contribution in [0, 0.1) is 0 Å². The molecule has 13 heteroatoms. The van der Waals surface area contributed by atoms with Gasteiger partial charge in [0.25, 0.3) is 0 Å². The first-order valence-electron chi connectivity index (χ1n) is 9.48. The highest BCUT2D eigenvalue weighted by Crippen LogP contribution is 2.41. The second-order valence-corrected chi connectivity index (χ2v) is 8.65. The highest BCUT2D eigenvalue weighted by molar-refractivity contribution is 9.10. The number of amides is 1. The molecular formula is C19H22BrClN2O9. The van der Waals surface area contributed by atoms with Gasteiger partial charge < -0.3 is 45.3 Å². The van der Waals surface area contributed by atoms with E-state index in [2.05, 4.69) is 26.2 Å². The van der Waals surface area contributed by atoms with Crippen molar-refractivity contribution in [2.45, 2.75) is 49.6 Å². The molecule has 3 rings (SSSR count). The lowest BCUT2D eigenvalue weighted by Gasteiger charge is -2.46. The van der Waals surface area contributed by atoms with E-state index < -0.39 is 61.1 Å². The monoisotopic (exact) mass is 536 g/mol. The molecule has 2 heterocycles. The second kappa shape index (κ2) is 9.51. The number of aromatic amines is 1. The van der Waals surface area contributed by atoms with Crippen molar-refractivity contribution >= 4 is 50.3 Å². The molecule has 0 bridgehead atoms. The Morgan fingerprint density at radius 3 is 2.72 bits per heavy atom. The molecule has 2 aromatic rings. The first kappa shape index (κ1) is 24.7. The molecule has 1 saturated heterocycles. The van der Waals surface area contributed by atoms with Crippen molar-refractivity contribution < 1.29 is 44.6 Å². The standard InChI is InChI=1S/C19H22BrClN2O9/c1-7(25)23-15-10(26)4-19(18(29)30,32-17(15)16(28)11(27)6-24)31-12-5-22-9-3-2-8(20)14(21)13(9)12/h2-3,5,10-11,15-17,22,24,26-28H,4,6H2,1H3,(H,23,25)(H,29,30)/t10-,11-,15-,16-,17+,19-/m1/s1. The molecule has 6 atom stereocenters. The fourth-order valence-corrected chi connectivity index (χ4v) is 4.21. The summed E-state index contributed by atoms with van der Waals surface area (Å²) in [6.07, 6.45) is -6.09. The number of carboxylic acids is 1. The molecule has 0 aliphatic carbocycles. The van der Waals surface area contributed by atoms with Gasteiger partial charge in [-0.2, -0.15) is 0 Å². The Bertz CT molecular complexity index is 1020. The molecule has 0 spiro atoms. The molecule has 32 heavy (non-hydrogen) atoms. The smallest absolute Gasteiger partial charge is 0.377 e. The summed E-state index contributed by atoms with van der Waals surface area (Å²) in [6, 6.07) is 2.07. The van der Waals surface area contributed by atoms with Crippen LogP contribution < -0.4 is 10.1 Å². The number of hydrogen-bond acceptors (Lipinski definition) is 8. The molecule has 0 radical (unpaired) electrons. The van der Waals surface area contributed by atoms with E-state index in [1.54, 1.807) is 12.1 Å². The fraction of sp³-hybridized carbons (Fsp3) is 0.474. The first-order valence-corrected chi connectivity index (χ1v) is 10.6. The predicted molar refractivity (Wildman–Crippen MR) is 114 cm³/mol. The maximum atomic E-state index is 12.3. The summed E-state index contributed by atoms with van der Waals surface area (Å²) in [5.41, 5.74) is 0.536. The van der Waals surface area contributed by atoms with Crippen molar-refractivity contribution in [2.24, 2.45) is 0 Å². The minimum Gasteiger partial charge on any atom is -0.476 e. The number of aromatic nitrogens is 1. The number of aliphatic hydroxyl groups excluding tert-OH is 4. The van der Waals surface area contributed by atoms with E-state index in [4.69, 9.17) is 21.1 Å². The SMILES string of the molecule is CC(=O)N[C@H]1[C@@H]([C@H](O)[C@H](O)CO)O[C@@](Oc2c[nH]c3ccc(Br)c(Cl)c23)(C(=O)O)C[C@H]1O. The normalized spacial score (nSPS) is 27.7. The number of carbonyl (C=O) groups is 2. The maximum absolute atomic E-state index is 12.3. The lowest BCUT2D eigenvalue weighted by atomic mass is 9.88. The van der Waals surface area contributed by atoms with Crippen molar-refractivity contribution in [3.8, 4) is 5.75 Å². The topological polar surface area (TPSA) is 182 Å². The van der Waals surface area contributed by atoms with Crippen LogP contribution in [0.5, 0.6) is 5.75 Å². The number of rotatable bonds is 7. The molecule has 0 unspecified atom stereocenters. The lowest BCUT2D eigenvalue weighted by molar-refractivity contribution is -0.284. The molecule has 1 fully saturated rings. The van der Waals surface area contributed by atoms with Crippen molar-refractivity contribution in [3.05, 3.63) is 27.8 Å². The van der Waals surface area contributed by atoms with E-state index in [1.807, 2.05) is 0 Å². The zero-order valence-corrected chi connectivity index (χ0v) is 19.0. The Labute approximate surface area is 195 Å². The molecule has 0 saturated carbocycles.